The monoisotopic (exact) mass is 253 g/mol. The van der Waals surface area contributed by atoms with Gasteiger partial charge in [0.25, 0.3) is 0 Å². The van der Waals surface area contributed by atoms with E-state index in [9.17, 15) is 0 Å². The highest BCUT2D eigenvalue weighted by atomic mass is 79.9. The largest absolute Gasteiger partial charge is 0.198 e. The van der Waals surface area contributed by atoms with Crippen molar-refractivity contribution in [3.63, 3.8) is 0 Å². The van der Waals surface area contributed by atoms with E-state index in [2.05, 4.69) is 22.0 Å². The maximum Gasteiger partial charge on any atom is 0.0627 e. The zero-order chi connectivity index (χ0) is 9.81. The average Bonchev–Trinajstić information content (AvgIpc) is 1.97. The smallest absolute Gasteiger partial charge is 0.0627 e. The quantitative estimate of drug-likeness (QED) is 0.655. The van der Waals surface area contributed by atoms with E-state index in [1.54, 1.807) is 0 Å². The van der Waals surface area contributed by atoms with E-state index in [0.29, 0.717) is 9.74 Å². The van der Waals surface area contributed by atoms with Gasteiger partial charge in [-0.3, -0.25) is 0 Å². The van der Waals surface area contributed by atoms with E-state index in [-0.39, 0.29) is 0 Å². The van der Waals surface area contributed by atoms with Crippen molar-refractivity contribution < 1.29 is 0 Å². The van der Waals surface area contributed by atoms with Gasteiger partial charge in [0.1, 0.15) is 0 Å². The van der Waals surface area contributed by atoms with Gasteiger partial charge in [0.05, 0.1) is 6.07 Å². The summed E-state index contributed by atoms with van der Waals surface area (Å²) in [6, 6.07) is 2.42. The fraction of sp³-hybridized carbons (Fsp3) is 0.917. The number of rotatable bonds is 1. The molecule has 0 aliphatic heterocycles. The van der Waals surface area contributed by atoms with Crippen LogP contribution in [0, 0.1) is 28.6 Å². The first-order valence-electron chi connectivity index (χ1n) is 5.69. The average molecular weight is 254 g/mol. The molecule has 4 rings (SSSR count). The summed E-state index contributed by atoms with van der Waals surface area (Å²) in [6.45, 7) is 0. The highest BCUT2D eigenvalue weighted by Gasteiger charge is 2.56. The van der Waals surface area contributed by atoms with E-state index < -0.39 is 0 Å². The Kier molecular flexibility index (Phi) is 1.81. The van der Waals surface area contributed by atoms with Crippen LogP contribution in [0.15, 0.2) is 0 Å². The number of nitriles is 1. The highest BCUT2D eigenvalue weighted by Crippen LogP contribution is 2.65. The van der Waals surface area contributed by atoms with Crippen molar-refractivity contribution in [3.8, 4) is 6.07 Å². The summed E-state index contributed by atoms with van der Waals surface area (Å²) < 4.78 is 0.425. The lowest BCUT2D eigenvalue weighted by molar-refractivity contribution is -0.0318. The van der Waals surface area contributed by atoms with Crippen molar-refractivity contribution in [1.29, 1.82) is 5.26 Å². The number of alkyl halides is 1. The van der Waals surface area contributed by atoms with E-state index in [0.717, 1.165) is 18.3 Å². The molecule has 0 spiro atoms. The third-order valence-electron chi connectivity index (χ3n) is 4.56. The second-order valence-corrected chi connectivity index (χ2v) is 7.63. The summed E-state index contributed by atoms with van der Waals surface area (Å²) in [6.07, 6.45) is 8.93. The zero-order valence-corrected chi connectivity index (χ0v) is 10.0. The summed E-state index contributed by atoms with van der Waals surface area (Å²) in [4.78, 5) is 0. The van der Waals surface area contributed by atoms with Crippen LogP contribution in [-0.4, -0.2) is 4.32 Å². The Morgan fingerprint density at radius 2 is 1.86 bits per heavy atom. The molecule has 0 saturated heterocycles. The van der Waals surface area contributed by atoms with Crippen LogP contribution in [-0.2, 0) is 0 Å². The molecular formula is C12H16BrN. The van der Waals surface area contributed by atoms with E-state index in [1.807, 2.05) is 0 Å². The molecule has 4 atom stereocenters. The minimum atomic E-state index is 0.405. The fourth-order valence-corrected chi connectivity index (χ4v) is 6.22. The topological polar surface area (TPSA) is 23.8 Å². The first kappa shape index (κ1) is 9.21. The van der Waals surface area contributed by atoms with Crippen molar-refractivity contribution in [3.05, 3.63) is 0 Å². The Morgan fingerprint density at radius 1 is 1.21 bits per heavy atom. The molecule has 0 aromatic heterocycles. The Balaban J connectivity index is 1.93. The normalized spacial score (nSPS) is 54.6. The molecule has 0 N–H and O–H groups in total. The molecule has 1 nitrogen and oxygen atoms in total. The molecular weight excluding hydrogens is 238 g/mol. The molecule has 4 fully saturated rings. The number of hydrogen-bond donors (Lipinski definition) is 0. The Morgan fingerprint density at radius 3 is 2.36 bits per heavy atom. The molecule has 14 heavy (non-hydrogen) atoms. The summed E-state index contributed by atoms with van der Waals surface area (Å²) >= 11 is 3.95. The lowest BCUT2D eigenvalue weighted by atomic mass is 9.49. The summed E-state index contributed by atoms with van der Waals surface area (Å²) in [7, 11) is 0. The predicted molar refractivity (Wildman–Crippen MR) is 59.0 cm³/mol. The third-order valence-corrected chi connectivity index (χ3v) is 5.49. The van der Waals surface area contributed by atoms with E-state index >= 15 is 0 Å². The van der Waals surface area contributed by atoms with Gasteiger partial charge in [-0.05, 0) is 55.8 Å². The summed E-state index contributed by atoms with van der Waals surface area (Å²) in [5.74, 6) is 1.84. The van der Waals surface area contributed by atoms with Crippen molar-refractivity contribution >= 4 is 15.9 Å². The number of halogens is 1. The maximum absolute atomic E-state index is 8.94. The Bertz CT molecular complexity index is 290. The summed E-state index contributed by atoms with van der Waals surface area (Å²) in [5, 5.41) is 8.94. The van der Waals surface area contributed by atoms with Crippen LogP contribution in [0.2, 0.25) is 0 Å². The number of nitrogens with zero attached hydrogens (tertiary/aromatic N) is 1. The second-order valence-electron chi connectivity index (χ2n) is 5.95. The minimum absolute atomic E-state index is 0.405. The van der Waals surface area contributed by atoms with E-state index in [1.165, 1.54) is 38.5 Å². The zero-order valence-electron chi connectivity index (χ0n) is 8.43. The Hall–Kier alpha value is -0.0300. The first-order valence-corrected chi connectivity index (χ1v) is 6.48. The molecule has 0 aromatic carbocycles. The minimum Gasteiger partial charge on any atom is -0.198 e. The predicted octanol–water partition coefficient (Wildman–Crippen LogP) is 3.63. The molecule has 0 amide bonds. The fourth-order valence-electron chi connectivity index (χ4n) is 4.71. The molecule has 0 aromatic rings. The molecule has 2 heteroatoms. The van der Waals surface area contributed by atoms with E-state index in [4.69, 9.17) is 5.26 Å². The molecule has 2 unspecified atom stereocenters. The van der Waals surface area contributed by atoms with Gasteiger partial charge in [-0.2, -0.15) is 5.26 Å². The van der Waals surface area contributed by atoms with Gasteiger partial charge >= 0.3 is 0 Å². The van der Waals surface area contributed by atoms with Crippen molar-refractivity contribution in [2.24, 2.45) is 17.3 Å². The molecule has 0 heterocycles. The van der Waals surface area contributed by atoms with Gasteiger partial charge < -0.3 is 0 Å². The lowest BCUT2D eigenvalue weighted by Crippen LogP contribution is -2.52. The van der Waals surface area contributed by atoms with Crippen LogP contribution < -0.4 is 0 Å². The van der Waals surface area contributed by atoms with Crippen LogP contribution in [0.5, 0.6) is 0 Å². The highest BCUT2D eigenvalue weighted by molar-refractivity contribution is 9.10. The lowest BCUT2D eigenvalue weighted by Gasteiger charge is -2.59. The van der Waals surface area contributed by atoms with Gasteiger partial charge in [-0.1, -0.05) is 15.9 Å². The third kappa shape index (κ3) is 1.25. The van der Waals surface area contributed by atoms with Crippen molar-refractivity contribution in [2.75, 3.05) is 0 Å². The molecule has 0 radical (unpaired) electrons. The standard InChI is InChI=1S/C12H16BrN/c13-12-6-9-3-10(7-12)5-11(4-9,8-12)1-2-14/h9-10H,1,3-8H2/t9-,10+,11?,12?. The van der Waals surface area contributed by atoms with Gasteiger partial charge in [-0.25, -0.2) is 0 Å². The van der Waals surface area contributed by atoms with Gasteiger partial charge in [0.2, 0.25) is 0 Å². The molecule has 4 bridgehead atoms. The van der Waals surface area contributed by atoms with Gasteiger partial charge in [0, 0.05) is 10.7 Å². The van der Waals surface area contributed by atoms with Crippen molar-refractivity contribution in [2.45, 2.75) is 49.3 Å². The van der Waals surface area contributed by atoms with Crippen LogP contribution >= 0.6 is 15.9 Å². The van der Waals surface area contributed by atoms with Crippen LogP contribution in [0.3, 0.4) is 0 Å². The Labute approximate surface area is 94.0 Å². The molecule has 4 saturated carbocycles. The molecule has 4 aliphatic rings. The second kappa shape index (κ2) is 2.76. The SMILES string of the molecule is N#CCC12C[C@@H]3C[C@@H](CC(Br)(C3)C1)C2. The van der Waals surface area contributed by atoms with Crippen molar-refractivity contribution in [1.82, 2.24) is 0 Å². The van der Waals surface area contributed by atoms with Crippen LogP contribution in [0.1, 0.15) is 44.9 Å². The van der Waals surface area contributed by atoms with Crippen LogP contribution in [0.4, 0.5) is 0 Å². The molecule has 76 valence electrons. The number of hydrogen-bond acceptors (Lipinski definition) is 1. The van der Waals surface area contributed by atoms with Gasteiger partial charge in [0.15, 0.2) is 0 Å². The maximum atomic E-state index is 8.94. The van der Waals surface area contributed by atoms with Gasteiger partial charge in [-0.15, -0.1) is 0 Å². The van der Waals surface area contributed by atoms with Crippen LogP contribution in [0.25, 0.3) is 0 Å². The summed E-state index contributed by atoms with van der Waals surface area (Å²) in [5.41, 5.74) is 0.405. The molecule has 4 aliphatic carbocycles. The first-order chi connectivity index (χ1) is 6.63.